The van der Waals surface area contributed by atoms with Gasteiger partial charge in [0.25, 0.3) is 0 Å². The third kappa shape index (κ3) is 5.14. The van der Waals surface area contributed by atoms with E-state index < -0.39 is 35.9 Å². The number of carbonyl (C=O) groups excluding carboxylic acids is 1. The molecule has 0 unspecified atom stereocenters. The lowest BCUT2D eigenvalue weighted by molar-refractivity contribution is -0.142. The number of amides is 1. The van der Waals surface area contributed by atoms with E-state index in [1.165, 1.54) is 12.0 Å². The number of hydrogen-bond acceptors (Lipinski definition) is 5. The maximum Gasteiger partial charge on any atom is 0.436 e. The summed E-state index contributed by atoms with van der Waals surface area (Å²) in [5.74, 6) is 0.111. The van der Waals surface area contributed by atoms with Crippen LogP contribution in [0.25, 0.3) is 10.4 Å². The van der Waals surface area contributed by atoms with Gasteiger partial charge in [-0.2, -0.15) is 18.3 Å². The van der Waals surface area contributed by atoms with Crippen molar-refractivity contribution in [3.05, 3.63) is 50.1 Å². The molecule has 1 aliphatic heterocycles. The summed E-state index contributed by atoms with van der Waals surface area (Å²) in [4.78, 5) is 18.8. The predicted molar refractivity (Wildman–Crippen MR) is 112 cm³/mol. The minimum atomic E-state index is -4.80. The van der Waals surface area contributed by atoms with Gasteiger partial charge in [-0.15, -0.1) is 0 Å². The van der Waals surface area contributed by atoms with E-state index in [0.29, 0.717) is 37.0 Å². The molecular formula is C18H18Cl2F3N7O2. The molecule has 172 valence electrons. The lowest BCUT2D eigenvalue weighted by Gasteiger charge is -2.36. The highest BCUT2D eigenvalue weighted by atomic mass is 35.5. The molecule has 2 aromatic rings. The zero-order valence-corrected chi connectivity index (χ0v) is 18.3. The van der Waals surface area contributed by atoms with E-state index >= 15 is 0 Å². The number of benzene rings is 1. The second-order valence-electron chi connectivity index (χ2n) is 6.84. The number of anilines is 1. The fraction of sp³-hybridized carbons (Fsp3) is 0.444. The first-order valence-corrected chi connectivity index (χ1v) is 10.1. The number of halogens is 5. The Morgan fingerprint density at radius 1 is 1.28 bits per heavy atom. The van der Waals surface area contributed by atoms with Crippen molar-refractivity contribution in [2.45, 2.75) is 19.3 Å². The summed E-state index contributed by atoms with van der Waals surface area (Å²) in [5, 5.41) is 6.51. The third-order valence-corrected chi connectivity index (χ3v) is 5.67. The van der Waals surface area contributed by atoms with Crippen LogP contribution >= 0.6 is 23.2 Å². The van der Waals surface area contributed by atoms with E-state index in [2.05, 4.69) is 15.1 Å². The highest BCUT2D eigenvalue weighted by Gasteiger charge is 2.39. The van der Waals surface area contributed by atoms with Crippen LogP contribution in [0.1, 0.15) is 11.4 Å². The number of piperazine rings is 1. The average molecular weight is 492 g/mol. The standard InChI is InChI=1S/C18H18Cl2F3N7O2/c1-32-14-8-11(2-3-12(14)19)28-4-6-29(7-5-28)15(31)10-30-13(9-25-27-24)16(20)17(26-30)18(21,22)23/h2-3,8H,4-7,9-10H2,1H3. The van der Waals surface area contributed by atoms with Gasteiger partial charge in [0, 0.05) is 42.8 Å². The Morgan fingerprint density at radius 2 is 1.97 bits per heavy atom. The topological polar surface area (TPSA) is 99.4 Å². The molecule has 0 radical (unpaired) electrons. The predicted octanol–water partition coefficient (Wildman–Crippen LogP) is 4.38. The van der Waals surface area contributed by atoms with Gasteiger partial charge < -0.3 is 14.5 Å². The van der Waals surface area contributed by atoms with Crippen LogP contribution in [-0.2, 0) is 24.1 Å². The van der Waals surface area contributed by atoms with E-state index in [1.54, 1.807) is 12.1 Å². The van der Waals surface area contributed by atoms with Crippen LogP contribution in [0.15, 0.2) is 23.3 Å². The zero-order chi connectivity index (χ0) is 23.5. The Hall–Kier alpha value is -2.82. The minimum absolute atomic E-state index is 0.169. The number of aromatic nitrogens is 2. The van der Waals surface area contributed by atoms with Gasteiger partial charge in [0.05, 0.1) is 29.4 Å². The summed E-state index contributed by atoms with van der Waals surface area (Å²) in [7, 11) is 1.52. The Kier molecular flexibility index (Phi) is 7.27. The van der Waals surface area contributed by atoms with E-state index in [1.807, 2.05) is 11.0 Å². The molecule has 2 heterocycles. The van der Waals surface area contributed by atoms with Gasteiger partial charge >= 0.3 is 6.18 Å². The molecule has 1 saturated heterocycles. The van der Waals surface area contributed by atoms with E-state index in [-0.39, 0.29) is 5.69 Å². The van der Waals surface area contributed by atoms with Crippen LogP contribution in [-0.4, -0.2) is 53.9 Å². The number of carbonyl (C=O) groups is 1. The van der Waals surface area contributed by atoms with Gasteiger partial charge in [0.1, 0.15) is 12.3 Å². The lowest BCUT2D eigenvalue weighted by Crippen LogP contribution is -2.49. The minimum Gasteiger partial charge on any atom is -0.495 e. The number of azide groups is 1. The second kappa shape index (κ2) is 9.76. The lowest BCUT2D eigenvalue weighted by atomic mass is 10.2. The van der Waals surface area contributed by atoms with Gasteiger partial charge in [-0.25, -0.2) is 0 Å². The summed E-state index contributed by atoms with van der Waals surface area (Å²) in [6.07, 6.45) is -4.80. The van der Waals surface area contributed by atoms with Crippen molar-refractivity contribution >= 4 is 34.8 Å². The number of alkyl halides is 3. The Labute approximate surface area is 190 Å². The Morgan fingerprint density at radius 3 is 2.56 bits per heavy atom. The first-order valence-electron chi connectivity index (χ1n) is 9.35. The van der Waals surface area contributed by atoms with Crippen molar-refractivity contribution in [1.82, 2.24) is 14.7 Å². The molecule has 0 aliphatic carbocycles. The number of rotatable bonds is 6. The van der Waals surface area contributed by atoms with E-state index in [9.17, 15) is 18.0 Å². The molecule has 9 nitrogen and oxygen atoms in total. The fourth-order valence-electron chi connectivity index (χ4n) is 3.32. The quantitative estimate of drug-likeness (QED) is 0.340. The van der Waals surface area contributed by atoms with Crippen molar-refractivity contribution in [1.29, 1.82) is 0 Å². The highest BCUT2D eigenvalue weighted by molar-refractivity contribution is 6.32. The number of hydrogen-bond donors (Lipinski definition) is 0. The number of nitrogens with zero attached hydrogens (tertiary/aromatic N) is 7. The molecule has 0 bridgehead atoms. The van der Waals surface area contributed by atoms with Crippen LogP contribution in [0.2, 0.25) is 10.0 Å². The van der Waals surface area contributed by atoms with E-state index in [4.69, 9.17) is 33.5 Å². The summed E-state index contributed by atoms with van der Waals surface area (Å²) >= 11 is 11.9. The summed E-state index contributed by atoms with van der Waals surface area (Å²) < 4.78 is 45.5. The number of ether oxygens (including phenoxy) is 1. The first kappa shape index (κ1) is 23.8. The molecule has 0 N–H and O–H groups in total. The molecule has 1 fully saturated rings. The molecule has 14 heteroatoms. The van der Waals surface area contributed by atoms with Crippen LogP contribution < -0.4 is 9.64 Å². The Balaban J connectivity index is 1.70. The van der Waals surface area contributed by atoms with Crippen molar-refractivity contribution in [2.75, 3.05) is 38.2 Å². The third-order valence-electron chi connectivity index (χ3n) is 4.96. The summed E-state index contributed by atoms with van der Waals surface area (Å²) in [6, 6.07) is 5.36. The summed E-state index contributed by atoms with van der Waals surface area (Å²) in [6.45, 7) is 0.817. The van der Waals surface area contributed by atoms with Crippen molar-refractivity contribution < 1.29 is 22.7 Å². The SMILES string of the molecule is COc1cc(N2CCN(C(=O)Cn3nc(C(F)(F)F)c(Cl)c3CN=[N+]=[N-])CC2)ccc1Cl. The molecule has 1 amide bonds. The molecule has 1 aliphatic rings. The zero-order valence-electron chi connectivity index (χ0n) is 16.8. The molecule has 32 heavy (non-hydrogen) atoms. The van der Waals surface area contributed by atoms with Crippen LogP contribution in [0, 0.1) is 0 Å². The van der Waals surface area contributed by atoms with Crippen LogP contribution in [0.5, 0.6) is 5.75 Å². The first-order chi connectivity index (χ1) is 15.2. The largest absolute Gasteiger partial charge is 0.495 e. The monoisotopic (exact) mass is 491 g/mol. The molecular weight excluding hydrogens is 474 g/mol. The fourth-order valence-corrected chi connectivity index (χ4v) is 3.82. The Bertz CT molecular complexity index is 1050. The normalized spacial score (nSPS) is 14.3. The maximum absolute atomic E-state index is 13.2. The maximum atomic E-state index is 13.2. The molecule has 1 aromatic carbocycles. The van der Waals surface area contributed by atoms with Gasteiger partial charge in [-0.1, -0.05) is 28.3 Å². The smallest absolute Gasteiger partial charge is 0.436 e. The van der Waals surface area contributed by atoms with Crippen LogP contribution in [0.4, 0.5) is 18.9 Å². The molecule has 0 spiro atoms. The van der Waals surface area contributed by atoms with E-state index in [0.717, 1.165) is 10.4 Å². The molecule has 0 atom stereocenters. The summed E-state index contributed by atoms with van der Waals surface area (Å²) in [5.41, 5.74) is 7.88. The number of methoxy groups -OCH3 is 1. The highest BCUT2D eigenvalue weighted by Crippen LogP contribution is 2.36. The van der Waals surface area contributed by atoms with Gasteiger partial charge in [-0.3, -0.25) is 9.48 Å². The van der Waals surface area contributed by atoms with Crippen LogP contribution in [0.3, 0.4) is 0 Å². The van der Waals surface area contributed by atoms with Gasteiger partial charge in [-0.05, 0) is 17.7 Å². The molecule has 0 saturated carbocycles. The van der Waals surface area contributed by atoms with Crippen molar-refractivity contribution in [3.8, 4) is 5.75 Å². The van der Waals surface area contributed by atoms with Crippen molar-refractivity contribution in [2.24, 2.45) is 5.11 Å². The van der Waals surface area contributed by atoms with Crippen molar-refractivity contribution in [3.63, 3.8) is 0 Å². The van der Waals surface area contributed by atoms with Gasteiger partial charge in [0.2, 0.25) is 5.91 Å². The molecule has 3 rings (SSSR count). The molecule has 1 aromatic heterocycles. The second-order valence-corrected chi connectivity index (χ2v) is 7.63. The average Bonchev–Trinajstić information content (AvgIpc) is 3.08. The van der Waals surface area contributed by atoms with Gasteiger partial charge in [0.15, 0.2) is 5.69 Å².